The molecule has 1 aromatic heterocycles. The summed E-state index contributed by atoms with van der Waals surface area (Å²) in [6.07, 6.45) is -1.06. The number of hydrogen-bond donors (Lipinski definition) is 1. The summed E-state index contributed by atoms with van der Waals surface area (Å²) in [6.45, 7) is 0. The number of amides is 1. The molecule has 0 aliphatic heterocycles. The van der Waals surface area contributed by atoms with E-state index in [-0.39, 0.29) is 23.9 Å². The van der Waals surface area contributed by atoms with Gasteiger partial charge in [0, 0.05) is 23.9 Å². The van der Waals surface area contributed by atoms with Crippen LogP contribution in [0.3, 0.4) is 0 Å². The number of hydrogen-bond acceptors (Lipinski definition) is 4. The maximum atomic E-state index is 12.6. The van der Waals surface area contributed by atoms with Crippen LogP contribution in [0.5, 0.6) is 5.88 Å². The molecular weight excluding hydrogens is 371 g/mol. The fraction of sp³-hybridized carbons (Fsp3) is 0.350. The van der Waals surface area contributed by atoms with Gasteiger partial charge in [0.25, 0.3) is 5.91 Å². The Hall–Kier alpha value is -3.08. The van der Waals surface area contributed by atoms with Crippen LogP contribution in [0.1, 0.15) is 47.2 Å². The van der Waals surface area contributed by atoms with Crippen molar-refractivity contribution in [3.05, 3.63) is 59.3 Å². The third kappa shape index (κ3) is 5.00. The maximum Gasteiger partial charge on any atom is 0.417 e. The number of pyridine rings is 1. The van der Waals surface area contributed by atoms with E-state index in [1.54, 1.807) is 24.3 Å². The standard InChI is InChI=1S/C20H18F3N3O2/c21-20(22,23)15-5-10-18(25-12-15)28-17-8-6-16(7-9-17)26-19(27)14-3-1-13(11-24)2-4-14/h1-5,10,12,16-17H,6-9H2,(H,26,27). The van der Waals surface area contributed by atoms with Gasteiger partial charge in [-0.05, 0) is 56.0 Å². The third-order valence-corrected chi connectivity index (χ3v) is 4.64. The van der Waals surface area contributed by atoms with Gasteiger partial charge >= 0.3 is 6.18 Å². The average Bonchev–Trinajstić information content (AvgIpc) is 2.69. The molecule has 1 fully saturated rings. The number of rotatable bonds is 4. The van der Waals surface area contributed by atoms with Crippen molar-refractivity contribution in [2.75, 3.05) is 0 Å². The number of nitriles is 1. The topological polar surface area (TPSA) is 75.0 Å². The van der Waals surface area contributed by atoms with Gasteiger partial charge in [0.2, 0.25) is 5.88 Å². The third-order valence-electron chi connectivity index (χ3n) is 4.64. The summed E-state index contributed by atoms with van der Waals surface area (Å²) in [7, 11) is 0. The van der Waals surface area contributed by atoms with Crippen molar-refractivity contribution in [1.82, 2.24) is 10.3 Å². The lowest BCUT2D eigenvalue weighted by atomic mass is 9.92. The van der Waals surface area contributed by atoms with Gasteiger partial charge in [-0.1, -0.05) is 0 Å². The van der Waals surface area contributed by atoms with Gasteiger partial charge in [-0.25, -0.2) is 4.98 Å². The van der Waals surface area contributed by atoms with E-state index < -0.39 is 11.7 Å². The highest BCUT2D eigenvalue weighted by molar-refractivity contribution is 5.94. The predicted molar refractivity (Wildman–Crippen MR) is 94.5 cm³/mol. The van der Waals surface area contributed by atoms with E-state index in [1.165, 1.54) is 6.07 Å². The lowest BCUT2D eigenvalue weighted by molar-refractivity contribution is -0.137. The van der Waals surface area contributed by atoms with Gasteiger partial charge in [-0.3, -0.25) is 4.79 Å². The first-order valence-corrected chi connectivity index (χ1v) is 8.86. The molecule has 0 atom stereocenters. The number of benzene rings is 1. The molecule has 0 unspecified atom stereocenters. The zero-order valence-electron chi connectivity index (χ0n) is 14.9. The van der Waals surface area contributed by atoms with Crippen LogP contribution >= 0.6 is 0 Å². The van der Waals surface area contributed by atoms with Gasteiger partial charge in [-0.15, -0.1) is 0 Å². The Bertz CT molecular complexity index is 850. The molecule has 146 valence electrons. The molecule has 1 amide bonds. The Morgan fingerprint density at radius 2 is 1.79 bits per heavy atom. The van der Waals surface area contributed by atoms with Crippen LogP contribution in [0.4, 0.5) is 13.2 Å². The Balaban J connectivity index is 1.47. The zero-order chi connectivity index (χ0) is 20.1. The van der Waals surface area contributed by atoms with Crippen molar-refractivity contribution in [2.45, 2.75) is 44.0 Å². The second kappa shape index (κ2) is 8.30. The first kappa shape index (κ1) is 19.7. The summed E-state index contributed by atoms with van der Waals surface area (Å²) in [5.41, 5.74) is 0.173. The van der Waals surface area contributed by atoms with Crippen molar-refractivity contribution >= 4 is 5.91 Å². The van der Waals surface area contributed by atoms with Crippen molar-refractivity contribution in [2.24, 2.45) is 0 Å². The molecule has 1 saturated carbocycles. The normalized spacial score (nSPS) is 19.5. The van der Waals surface area contributed by atoms with Crippen LogP contribution in [0.2, 0.25) is 0 Å². The lowest BCUT2D eigenvalue weighted by Gasteiger charge is -2.29. The van der Waals surface area contributed by atoms with E-state index in [1.807, 2.05) is 6.07 Å². The Labute approximate surface area is 160 Å². The molecule has 28 heavy (non-hydrogen) atoms. The average molecular weight is 389 g/mol. The second-order valence-electron chi connectivity index (χ2n) is 6.64. The van der Waals surface area contributed by atoms with Crippen molar-refractivity contribution < 1.29 is 22.7 Å². The summed E-state index contributed by atoms with van der Waals surface area (Å²) in [6, 6.07) is 10.6. The minimum Gasteiger partial charge on any atom is -0.474 e. The highest BCUT2D eigenvalue weighted by atomic mass is 19.4. The molecule has 0 bridgehead atoms. The van der Waals surface area contributed by atoms with Crippen LogP contribution in [0.25, 0.3) is 0 Å². The van der Waals surface area contributed by atoms with Gasteiger partial charge in [0.15, 0.2) is 0 Å². The highest BCUT2D eigenvalue weighted by Gasteiger charge is 2.31. The Morgan fingerprint density at radius 1 is 1.11 bits per heavy atom. The molecule has 5 nitrogen and oxygen atoms in total. The lowest BCUT2D eigenvalue weighted by Crippen LogP contribution is -2.39. The second-order valence-corrected chi connectivity index (χ2v) is 6.64. The molecule has 1 N–H and O–H groups in total. The minimum absolute atomic E-state index is 0.00329. The van der Waals surface area contributed by atoms with Gasteiger partial charge in [-0.2, -0.15) is 18.4 Å². The van der Waals surface area contributed by atoms with Crippen LogP contribution in [-0.4, -0.2) is 23.0 Å². The number of carbonyl (C=O) groups excluding carboxylic acids is 1. The smallest absolute Gasteiger partial charge is 0.417 e. The number of halogens is 3. The molecule has 1 aliphatic carbocycles. The molecule has 1 aliphatic rings. The molecule has 0 radical (unpaired) electrons. The predicted octanol–water partition coefficient (Wildman–Crippen LogP) is 4.09. The van der Waals surface area contributed by atoms with Crippen molar-refractivity contribution in [3.63, 3.8) is 0 Å². The molecular formula is C20H18F3N3O2. The molecule has 0 saturated heterocycles. The van der Waals surface area contributed by atoms with Crippen LogP contribution < -0.4 is 10.1 Å². The molecule has 1 aromatic carbocycles. The molecule has 3 rings (SSSR count). The van der Waals surface area contributed by atoms with Crippen LogP contribution in [0.15, 0.2) is 42.6 Å². The summed E-state index contributed by atoms with van der Waals surface area (Å²) in [5, 5.41) is 11.8. The van der Waals surface area contributed by atoms with E-state index in [4.69, 9.17) is 10.00 Å². The summed E-state index contributed by atoms with van der Waals surface area (Å²) in [4.78, 5) is 16.0. The van der Waals surface area contributed by atoms with Gasteiger partial charge < -0.3 is 10.1 Å². The quantitative estimate of drug-likeness (QED) is 0.855. The number of ether oxygens (including phenoxy) is 1. The van der Waals surface area contributed by atoms with Gasteiger partial charge in [0.05, 0.1) is 17.2 Å². The monoisotopic (exact) mass is 389 g/mol. The largest absolute Gasteiger partial charge is 0.474 e. The van der Waals surface area contributed by atoms with Gasteiger partial charge in [0.1, 0.15) is 6.10 Å². The zero-order valence-corrected chi connectivity index (χ0v) is 14.9. The fourth-order valence-electron chi connectivity index (χ4n) is 3.08. The van der Waals surface area contributed by atoms with E-state index in [9.17, 15) is 18.0 Å². The number of alkyl halides is 3. The Morgan fingerprint density at radius 3 is 2.32 bits per heavy atom. The molecule has 2 aromatic rings. The number of nitrogens with zero attached hydrogens (tertiary/aromatic N) is 2. The SMILES string of the molecule is N#Cc1ccc(C(=O)NC2CCC(Oc3ccc(C(F)(F)F)cn3)CC2)cc1. The van der Waals surface area contributed by atoms with Crippen molar-refractivity contribution in [3.8, 4) is 11.9 Å². The first-order chi connectivity index (χ1) is 13.3. The minimum atomic E-state index is -4.42. The molecule has 8 heteroatoms. The van der Waals surface area contributed by atoms with Crippen LogP contribution in [0, 0.1) is 11.3 Å². The molecule has 0 spiro atoms. The molecule has 1 heterocycles. The first-order valence-electron chi connectivity index (χ1n) is 8.86. The maximum absolute atomic E-state index is 12.6. The summed E-state index contributed by atoms with van der Waals surface area (Å²) < 4.78 is 43.3. The number of nitrogens with one attached hydrogen (secondary N) is 1. The fourth-order valence-corrected chi connectivity index (χ4v) is 3.08. The number of aromatic nitrogens is 1. The highest BCUT2D eigenvalue weighted by Crippen LogP contribution is 2.30. The van der Waals surface area contributed by atoms with E-state index in [2.05, 4.69) is 10.3 Å². The van der Waals surface area contributed by atoms with Crippen molar-refractivity contribution in [1.29, 1.82) is 5.26 Å². The van der Waals surface area contributed by atoms with E-state index in [0.717, 1.165) is 12.3 Å². The van der Waals surface area contributed by atoms with Crippen LogP contribution in [-0.2, 0) is 6.18 Å². The number of carbonyl (C=O) groups is 1. The summed E-state index contributed by atoms with van der Waals surface area (Å²) in [5.74, 6) is -0.0312. The van der Waals surface area contributed by atoms with E-state index in [0.29, 0.717) is 36.8 Å². The van der Waals surface area contributed by atoms with E-state index >= 15 is 0 Å². The summed E-state index contributed by atoms with van der Waals surface area (Å²) >= 11 is 0. The Kier molecular flexibility index (Phi) is 5.83.